The van der Waals surface area contributed by atoms with E-state index < -0.39 is 6.09 Å². The topological polar surface area (TPSA) is 46.6 Å². The molecule has 5 rings (SSSR count). The van der Waals surface area contributed by atoms with Crippen LogP contribution in [0, 0.1) is 6.92 Å². The molecule has 168 valence electrons. The van der Waals surface area contributed by atoms with E-state index in [0.717, 1.165) is 17.4 Å². The van der Waals surface area contributed by atoms with Gasteiger partial charge in [0.15, 0.2) is 0 Å². The van der Waals surface area contributed by atoms with Crippen molar-refractivity contribution in [2.75, 3.05) is 11.5 Å². The Morgan fingerprint density at radius 3 is 2.00 bits per heavy atom. The molecular formula is C30H25NO3. The molecule has 1 aliphatic rings. The number of aldehydes is 1. The molecule has 1 aliphatic carbocycles. The van der Waals surface area contributed by atoms with Gasteiger partial charge >= 0.3 is 6.09 Å². The Kier molecular flexibility index (Phi) is 5.96. The zero-order valence-corrected chi connectivity index (χ0v) is 19.0. The van der Waals surface area contributed by atoms with Crippen LogP contribution >= 0.6 is 0 Å². The van der Waals surface area contributed by atoms with Gasteiger partial charge < -0.3 is 4.74 Å². The van der Waals surface area contributed by atoms with Crippen LogP contribution in [-0.2, 0) is 11.3 Å². The van der Waals surface area contributed by atoms with Gasteiger partial charge in [0.2, 0.25) is 0 Å². The first-order valence-corrected chi connectivity index (χ1v) is 11.4. The number of nitrogens with zero attached hydrogens (tertiary/aromatic N) is 1. The summed E-state index contributed by atoms with van der Waals surface area (Å²) in [5.41, 5.74) is 8.15. The number of hydrogen-bond donors (Lipinski definition) is 0. The van der Waals surface area contributed by atoms with Crippen molar-refractivity contribution in [1.82, 2.24) is 0 Å². The van der Waals surface area contributed by atoms with Crippen LogP contribution in [0.3, 0.4) is 0 Å². The smallest absolute Gasteiger partial charge is 0.414 e. The molecule has 4 aromatic rings. The molecule has 4 heteroatoms. The lowest BCUT2D eigenvalue weighted by molar-refractivity contribution is 0.112. The lowest BCUT2D eigenvalue weighted by atomic mass is 9.98. The first-order chi connectivity index (χ1) is 16.6. The van der Waals surface area contributed by atoms with Gasteiger partial charge in [-0.1, -0.05) is 78.4 Å². The lowest BCUT2D eigenvalue weighted by Crippen LogP contribution is -2.32. The van der Waals surface area contributed by atoms with Crippen LogP contribution in [0.25, 0.3) is 11.1 Å². The summed E-state index contributed by atoms with van der Waals surface area (Å²) in [4.78, 5) is 26.1. The van der Waals surface area contributed by atoms with Crippen molar-refractivity contribution in [3.8, 4) is 11.1 Å². The maximum absolute atomic E-state index is 13.4. The van der Waals surface area contributed by atoms with Crippen LogP contribution in [0.15, 0.2) is 97.1 Å². The van der Waals surface area contributed by atoms with E-state index in [-0.39, 0.29) is 12.5 Å². The highest BCUT2D eigenvalue weighted by atomic mass is 16.6. The Labute approximate surface area is 199 Å². The molecule has 0 fully saturated rings. The third-order valence-electron chi connectivity index (χ3n) is 6.36. The minimum Gasteiger partial charge on any atom is -0.448 e. The summed E-state index contributed by atoms with van der Waals surface area (Å²) < 4.78 is 5.93. The fourth-order valence-electron chi connectivity index (χ4n) is 4.54. The molecule has 0 atom stereocenters. The van der Waals surface area contributed by atoms with Crippen LogP contribution in [-0.4, -0.2) is 19.0 Å². The minimum absolute atomic E-state index is 0.00462. The molecule has 0 saturated carbocycles. The second-order valence-electron chi connectivity index (χ2n) is 8.59. The fraction of sp³-hybridized carbons (Fsp3) is 0.133. The maximum Gasteiger partial charge on any atom is 0.414 e. The number of amides is 1. The summed E-state index contributed by atoms with van der Waals surface area (Å²) >= 11 is 0. The third-order valence-corrected chi connectivity index (χ3v) is 6.36. The van der Waals surface area contributed by atoms with Crippen molar-refractivity contribution < 1.29 is 14.3 Å². The van der Waals surface area contributed by atoms with Crippen LogP contribution in [0.2, 0.25) is 0 Å². The zero-order chi connectivity index (χ0) is 23.5. The van der Waals surface area contributed by atoms with Gasteiger partial charge in [-0.3, -0.25) is 9.69 Å². The number of carbonyl (C=O) groups is 2. The first kappa shape index (κ1) is 21.7. The normalized spacial score (nSPS) is 12.0. The molecular weight excluding hydrogens is 422 g/mol. The summed E-state index contributed by atoms with van der Waals surface area (Å²) in [5.74, 6) is -0.00462. The van der Waals surface area contributed by atoms with E-state index in [2.05, 4.69) is 24.3 Å². The number of fused-ring (bicyclic) bond motifs is 3. The maximum atomic E-state index is 13.4. The number of hydrogen-bond acceptors (Lipinski definition) is 3. The molecule has 0 spiro atoms. The van der Waals surface area contributed by atoms with Gasteiger partial charge in [-0.2, -0.15) is 0 Å². The lowest BCUT2D eigenvalue weighted by Gasteiger charge is -2.24. The molecule has 0 aromatic heterocycles. The van der Waals surface area contributed by atoms with E-state index in [9.17, 15) is 9.59 Å². The third kappa shape index (κ3) is 4.23. The van der Waals surface area contributed by atoms with Crippen LogP contribution in [0.4, 0.5) is 10.5 Å². The van der Waals surface area contributed by atoms with Gasteiger partial charge in [-0.25, -0.2) is 4.79 Å². The summed E-state index contributed by atoms with van der Waals surface area (Å²) in [6.45, 7) is 2.66. The van der Waals surface area contributed by atoms with E-state index in [0.29, 0.717) is 17.8 Å². The van der Waals surface area contributed by atoms with Crippen molar-refractivity contribution >= 4 is 18.1 Å². The van der Waals surface area contributed by atoms with Gasteiger partial charge in [0, 0.05) is 17.2 Å². The molecule has 34 heavy (non-hydrogen) atoms. The van der Waals surface area contributed by atoms with Gasteiger partial charge in [0.1, 0.15) is 12.9 Å². The molecule has 0 radical (unpaired) electrons. The van der Waals surface area contributed by atoms with Crippen LogP contribution in [0.1, 0.15) is 38.5 Å². The van der Waals surface area contributed by atoms with Gasteiger partial charge in [-0.05, 0) is 59.0 Å². The molecule has 0 saturated heterocycles. The van der Waals surface area contributed by atoms with Crippen LogP contribution in [0.5, 0.6) is 0 Å². The average Bonchev–Trinajstić information content (AvgIpc) is 3.21. The second kappa shape index (κ2) is 9.36. The van der Waals surface area contributed by atoms with E-state index >= 15 is 0 Å². The first-order valence-electron chi connectivity index (χ1n) is 11.4. The standard InChI is InChI=1S/C30H25NO3/c1-21-10-12-22(13-11-21)18-31(24-16-14-23(19-32)15-17-24)30(33)34-20-29-27-8-4-2-6-25(27)26-7-3-5-9-28(26)29/h2-17,19,29H,18,20H2,1H3. The van der Waals surface area contributed by atoms with Crippen molar-refractivity contribution in [2.24, 2.45) is 0 Å². The van der Waals surface area contributed by atoms with Crippen molar-refractivity contribution in [1.29, 1.82) is 0 Å². The largest absolute Gasteiger partial charge is 0.448 e. The highest BCUT2D eigenvalue weighted by molar-refractivity contribution is 5.88. The Hall–Kier alpha value is -4.18. The predicted molar refractivity (Wildman–Crippen MR) is 134 cm³/mol. The fourth-order valence-corrected chi connectivity index (χ4v) is 4.54. The molecule has 0 heterocycles. The Morgan fingerprint density at radius 2 is 1.41 bits per heavy atom. The second-order valence-corrected chi connectivity index (χ2v) is 8.59. The highest BCUT2D eigenvalue weighted by Gasteiger charge is 2.30. The monoisotopic (exact) mass is 447 g/mol. The summed E-state index contributed by atoms with van der Waals surface area (Å²) in [6, 6.07) is 31.6. The quantitative estimate of drug-likeness (QED) is 0.307. The van der Waals surface area contributed by atoms with Crippen LogP contribution < -0.4 is 4.90 Å². The zero-order valence-electron chi connectivity index (χ0n) is 19.0. The molecule has 4 aromatic carbocycles. The van der Waals surface area contributed by atoms with Gasteiger partial charge in [0.25, 0.3) is 0 Å². The molecule has 0 bridgehead atoms. The Bertz CT molecular complexity index is 1280. The summed E-state index contributed by atoms with van der Waals surface area (Å²) in [7, 11) is 0. The van der Waals surface area contributed by atoms with Crippen molar-refractivity contribution in [3.63, 3.8) is 0 Å². The highest BCUT2D eigenvalue weighted by Crippen LogP contribution is 2.44. The van der Waals surface area contributed by atoms with Gasteiger partial charge in [0.05, 0.1) is 6.54 Å². The molecule has 4 nitrogen and oxygen atoms in total. The molecule has 0 N–H and O–H groups in total. The predicted octanol–water partition coefficient (Wildman–Crippen LogP) is 6.76. The number of ether oxygens (including phenoxy) is 1. The van der Waals surface area contributed by atoms with E-state index in [4.69, 9.17) is 4.74 Å². The number of benzene rings is 4. The van der Waals surface area contributed by atoms with E-state index in [1.165, 1.54) is 22.3 Å². The van der Waals surface area contributed by atoms with E-state index in [1.54, 1.807) is 29.2 Å². The number of rotatable bonds is 6. The summed E-state index contributed by atoms with van der Waals surface area (Å²) in [6.07, 6.45) is 0.378. The SMILES string of the molecule is Cc1ccc(CN(C(=O)OCC2c3ccccc3-c3ccccc32)c2ccc(C=O)cc2)cc1. The minimum atomic E-state index is -0.415. The van der Waals surface area contributed by atoms with E-state index in [1.807, 2.05) is 55.5 Å². The number of aryl methyl sites for hydroxylation is 1. The summed E-state index contributed by atoms with van der Waals surface area (Å²) in [5, 5.41) is 0. The molecule has 1 amide bonds. The molecule has 0 unspecified atom stereocenters. The Morgan fingerprint density at radius 1 is 0.824 bits per heavy atom. The number of anilines is 1. The van der Waals surface area contributed by atoms with Gasteiger partial charge in [-0.15, -0.1) is 0 Å². The van der Waals surface area contributed by atoms with Crippen molar-refractivity contribution in [2.45, 2.75) is 19.4 Å². The molecule has 0 aliphatic heterocycles. The van der Waals surface area contributed by atoms with Crippen molar-refractivity contribution in [3.05, 3.63) is 125 Å². The average molecular weight is 448 g/mol. The number of carbonyl (C=O) groups excluding carboxylic acids is 2. The Balaban J connectivity index is 1.40.